The molecule has 9 heteroatoms. The maximum atomic E-state index is 12.9. The normalized spacial score (nSPS) is 17.7. The first kappa shape index (κ1) is 21.1. The lowest BCUT2D eigenvalue weighted by Gasteiger charge is -2.39. The number of rotatable bonds is 5. The molecule has 6 nitrogen and oxygen atoms in total. The molecule has 1 saturated heterocycles. The van der Waals surface area contributed by atoms with Gasteiger partial charge in [0.1, 0.15) is 6.04 Å². The summed E-state index contributed by atoms with van der Waals surface area (Å²) in [5.41, 5.74) is 0.620. The average Bonchev–Trinajstić information content (AvgIpc) is 2.65. The van der Waals surface area contributed by atoms with Crippen molar-refractivity contribution >= 4 is 5.96 Å². The van der Waals surface area contributed by atoms with Gasteiger partial charge in [-0.05, 0) is 19.9 Å². The smallest absolute Gasteiger partial charge is 0.403 e. The number of piperazine rings is 1. The third-order valence-corrected chi connectivity index (χ3v) is 4.67. The van der Waals surface area contributed by atoms with Gasteiger partial charge in [-0.15, -0.1) is 0 Å². The number of phenols is 1. The van der Waals surface area contributed by atoms with Crippen LogP contribution in [0.25, 0.3) is 0 Å². The Morgan fingerprint density at radius 2 is 1.96 bits per heavy atom. The van der Waals surface area contributed by atoms with Crippen LogP contribution in [0.1, 0.15) is 19.4 Å². The Kier molecular flexibility index (Phi) is 7.18. The van der Waals surface area contributed by atoms with Crippen molar-refractivity contribution in [3.8, 4) is 11.5 Å². The predicted molar refractivity (Wildman–Crippen MR) is 98.1 cm³/mol. The van der Waals surface area contributed by atoms with Crippen molar-refractivity contribution in [1.29, 1.82) is 0 Å². The summed E-state index contributed by atoms with van der Waals surface area (Å²) in [6.07, 6.45) is -4.22. The van der Waals surface area contributed by atoms with Crippen molar-refractivity contribution < 1.29 is 23.0 Å². The number of hydrogen-bond acceptors (Lipinski definition) is 4. The highest BCUT2D eigenvalue weighted by atomic mass is 19.4. The molecule has 2 N–H and O–H groups in total. The van der Waals surface area contributed by atoms with Crippen LogP contribution >= 0.6 is 0 Å². The first-order chi connectivity index (χ1) is 12.8. The van der Waals surface area contributed by atoms with Crippen molar-refractivity contribution in [2.45, 2.75) is 32.6 Å². The molecule has 27 heavy (non-hydrogen) atoms. The average molecular weight is 388 g/mol. The fourth-order valence-corrected chi connectivity index (χ4v) is 2.97. The number of phenolic OH excluding ortho intramolecular Hbond substituents is 1. The van der Waals surface area contributed by atoms with Crippen LogP contribution in [-0.2, 0) is 6.54 Å². The number of benzene rings is 1. The lowest BCUT2D eigenvalue weighted by molar-refractivity contribution is -0.181. The summed E-state index contributed by atoms with van der Waals surface area (Å²) in [4.78, 5) is 7.92. The van der Waals surface area contributed by atoms with E-state index in [1.807, 2.05) is 11.8 Å². The summed E-state index contributed by atoms with van der Waals surface area (Å²) < 4.78 is 43.8. The Morgan fingerprint density at radius 1 is 1.30 bits per heavy atom. The molecule has 1 fully saturated rings. The van der Waals surface area contributed by atoms with E-state index in [0.717, 1.165) is 0 Å². The number of aromatic hydroxyl groups is 1. The van der Waals surface area contributed by atoms with E-state index < -0.39 is 12.2 Å². The zero-order valence-electron chi connectivity index (χ0n) is 15.9. The number of guanidine groups is 1. The van der Waals surface area contributed by atoms with Crippen LogP contribution in [0.4, 0.5) is 13.2 Å². The molecule has 0 saturated carbocycles. The molecule has 0 bridgehead atoms. The highest BCUT2D eigenvalue weighted by Crippen LogP contribution is 2.30. The van der Waals surface area contributed by atoms with Crippen molar-refractivity contribution in [3.63, 3.8) is 0 Å². The van der Waals surface area contributed by atoms with Gasteiger partial charge in [-0.3, -0.25) is 4.90 Å². The molecule has 0 aromatic heterocycles. The van der Waals surface area contributed by atoms with Crippen LogP contribution in [0.15, 0.2) is 23.2 Å². The first-order valence-corrected chi connectivity index (χ1v) is 8.96. The Hall–Kier alpha value is -2.16. The molecule has 1 heterocycles. The highest BCUT2D eigenvalue weighted by Gasteiger charge is 2.41. The zero-order valence-corrected chi connectivity index (χ0v) is 15.9. The standard InChI is InChI=1S/C18H27F3N4O2/c1-4-22-17(23-12-14-6-5-7-15(27-3)16(14)26)25-10-8-24(9-11-25)13(2)18(19,20)21/h5-7,13,26H,4,8-12H2,1-3H3,(H,22,23). The molecule has 0 radical (unpaired) electrons. The van der Waals surface area contributed by atoms with Crippen LogP contribution in [0, 0.1) is 0 Å². The van der Waals surface area contributed by atoms with Gasteiger partial charge in [-0.1, -0.05) is 12.1 Å². The Labute approximate surface area is 157 Å². The maximum Gasteiger partial charge on any atom is 0.403 e. The molecule has 1 aliphatic heterocycles. The van der Waals surface area contributed by atoms with Crippen molar-refractivity contribution in [1.82, 2.24) is 15.1 Å². The number of hydrogen-bond donors (Lipinski definition) is 2. The van der Waals surface area contributed by atoms with E-state index in [2.05, 4.69) is 10.3 Å². The minimum absolute atomic E-state index is 0.0448. The molecule has 1 aromatic carbocycles. The van der Waals surface area contributed by atoms with E-state index in [1.165, 1.54) is 18.9 Å². The Bertz CT molecular complexity index is 644. The van der Waals surface area contributed by atoms with Crippen LogP contribution in [-0.4, -0.2) is 72.9 Å². The summed E-state index contributed by atoms with van der Waals surface area (Å²) in [5, 5.41) is 13.3. The van der Waals surface area contributed by atoms with Gasteiger partial charge in [-0.25, -0.2) is 4.99 Å². The van der Waals surface area contributed by atoms with Crippen LogP contribution in [0.3, 0.4) is 0 Å². The summed E-state index contributed by atoms with van der Waals surface area (Å²) in [6.45, 7) is 5.55. The van der Waals surface area contributed by atoms with Gasteiger partial charge in [0.25, 0.3) is 0 Å². The molecule has 2 rings (SSSR count). The molecular weight excluding hydrogens is 361 g/mol. The zero-order chi connectivity index (χ0) is 20.0. The summed E-state index contributed by atoms with van der Waals surface area (Å²) in [6, 6.07) is 3.74. The molecule has 152 valence electrons. The van der Waals surface area contributed by atoms with E-state index in [4.69, 9.17) is 4.74 Å². The second-order valence-corrected chi connectivity index (χ2v) is 6.38. The molecule has 0 spiro atoms. The summed E-state index contributed by atoms with van der Waals surface area (Å²) >= 11 is 0. The molecule has 1 aliphatic rings. The molecular formula is C18H27F3N4O2. The predicted octanol–water partition coefficient (Wildman–Crippen LogP) is 2.43. The van der Waals surface area contributed by atoms with Crippen LogP contribution in [0.2, 0.25) is 0 Å². The molecule has 0 aliphatic carbocycles. The number of aliphatic imine (C=N–C) groups is 1. The SMILES string of the molecule is CCNC(=NCc1cccc(OC)c1O)N1CCN(C(C)C(F)(F)F)CC1. The monoisotopic (exact) mass is 388 g/mol. The number of alkyl halides is 3. The van der Waals surface area contributed by atoms with Gasteiger partial charge in [0, 0.05) is 38.3 Å². The Balaban J connectivity index is 2.05. The van der Waals surface area contributed by atoms with Gasteiger partial charge in [-0.2, -0.15) is 13.2 Å². The lowest BCUT2D eigenvalue weighted by atomic mass is 10.2. The van der Waals surface area contributed by atoms with Gasteiger partial charge in [0.15, 0.2) is 17.5 Å². The van der Waals surface area contributed by atoms with E-state index in [-0.39, 0.29) is 12.3 Å². The molecule has 1 atom stereocenters. The van der Waals surface area contributed by atoms with Crippen LogP contribution < -0.4 is 10.1 Å². The van der Waals surface area contributed by atoms with E-state index in [0.29, 0.717) is 50.0 Å². The van der Waals surface area contributed by atoms with Crippen molar-refractivity contribution in [2.24, 2.45) is 4.99 Å². The third-order valence-electron chi connectivity index (χ3n) is 4.67. The van der Waals surface area contributed by atoms with Gasteiger partial charge in [0.2, 0.25) is 0 Å². The number of ether oxygens (including phenoxy) is 1. The van der Waals surface area contributed by atoms with Gasteiger partial charge >= 0.3 is 6.18 Å². The quantitative estimate of drug-likeness (QED) is 0.599. The topological polar surface area (TPSA) is 60.3 Å². The molecule has 0 amide bonds. The van der Waals surface area contributed by atoms with E-state index in [1.54, 1.807) is 18.2 Å². The summed E-state index contributed by atoms with van der Waals surface area (Å²) in [5.74, 6) is 1.05. The fraction of sp³-hybridized carbons (Fsp3) is 0.611. The fourth-order valence-electron chi connectivity index (χ4n) is 2.97. The van der Waals surface area contributed by atoms with Gasteiger partial charge in [0.05, 0.1) is 13.7 Å². The lowest BCUT2D eigenvalue weighted by Crippen LogP contribution is -2.56. The number of para-hydroxylation sites is 1. The minimum Gasteiger partial charge on any atom is -0.504 e. The number of halogens is 3. The molecule has 1 unspecified atom stereocenters. The first-order valence-electron chi connectivity index (χ1n) is 8.96. The van der Waals surface area contributed by atoms with Crippen LogP contribution in [0.5, 0.6) is 11.5 Å². The second kappa shape index (κ2) is 9.16. The van der Waals surface area contributed by atoms with E-state index >= 15 is 0 Å². The van der Waals surface area contributed by atoms with E-state index in [9.17, 15) is 18.3 Å². The Morgan fingerprint density at radius 3 is 2.52 bits per heavy atom. The number of methoxy groups -OCH3 is 1. The maximum absolute atomic E-state index is 12.9. The minimum atomic E-state index is -4.22. The number of nitrogens with zero attached hydrogens (tertiary/aromatic N) is 3. The summed E-state index contributed by atoms with van der Waals surface area (Å²) in [7, 11) is 1.48. The highest BCUT2D eigenvalue weighted by molar-refractivity contribution is 5.80. The van der Waals surface area contributed by atoms with Gasteiger partial charge < -0.3 is 20.1 Å². The molecule has 1 aromatic rings. The number of nitrogens with one attached hydrogen (secondary N) is 1. The van der Waals surface area contributed by atoms with Crippen molar-refractivity contribution in [3.05, 3.63) is 23.8 Å². The van der Waals surface area contributed by atoms with Crippen molar-refractivity contribution in [2.75, 3.05) is 39.8 Å². The largest absolute Gasteiger partial charge is 0.504 e. The second-order valence-electron chi connectivity index (χ2n) is 6.38. The third kappa shape index (κ3) is 5.41.